The SMILES string of the molecule is Cn1cc(C(C)(C)C)c(C#N)c1NC(=O)c1ccccc1C(=O)O. The van der Waals surface area contributed by atoms with Crippen molar-refractivity contribution in [2.24, 2.45) is 7.05 Å². The van der Waals surface area contributed by atoms with Gasteiger partial charge in [0, 0.05) is 13.2 Å². The molecule has 0 aliphatic carbocycles. The number of carboxylic acid groups (broad SMARTS) is 1. The molecule has 0 fully saturated rings. The number of carboxylic acids is 1. The van der Waals surface area contributed by atoms with Crippen LogP contribution in [0.1, 0.15) is 52.6 Å². The highest BCUT2D eigenvalue weighted by molar-refractivity contribution is 6.10. The van der Waals surface area contributed by atoms with Gasteiger partial charge in [-0.15, -0.1) is 0 Å². The zero-order chi connectivity index (χ0) is 18.1. The van der Waals surface area contributed by atoms with E-state index in [1.165, 1.54) is 12.1 Å². The summed E-state index contributed by atoms with van der Waals surface area (Å²) in [4.78, 5) is 23.8. The minimum Gasteiger partial charge on any atom is -0.478 e. The maximum atomic E-state index is 12.5. The second kappa shape index (κ2) is 6.20. The Balaban J connectivity index is 2.47. The number of nitrogens with one attached hydrogen (secondary N) is 1. The number of hydrogen-bond donors (Lipinski definition) is 2. The molecule has 0 saturated heterocycles. The van der Waals surface area contributed by atoms with Gasteiger partial charge >= 0.3 is 5.97 Å². The summed E-state index contributed by atoms with van der Waals surface area (Å²) < 4.78 is 1.67. The molecule has 0 bridgehead atoms. The zero-order valence-electron chi connectivity index (χ0n) is 14.0. The van der Waals surface area contributed by atoms with Crippen molar-refractivity contribution in [3.05, 3.63) is 52.7 Å². The molecule has 1 amide bonds. The Bertz CT molecular complexity index is 851. The Labute approximate surface area is 140 Å². The summed E-state index contributed by atoms with van der Waals surface area (Å²) in [5.41, 5.74) is 0.900. The summed E-state index contributed by atoms with van der Waals surface area (Å²) in [5, 5.41) is 21.4. The molecule has 1 heterocycles. The normalized spacial score (nSPS) is 11.0. The second-order valence-corrected chi connectivity index (χ2v) is 6.54. The van der Waals surface area contributed by atoms with E-state index >= 15 is 0 Å². The summed E-state index contributed by atoms with van der Waals surface area (Å²) in [6.45, 7) is 5.94. The van der Waals surface area contributed by atoms with E-state index in [-0.39, 0.29) is 16.5 Å². The summed E-state index contributed by atoms with van der Waals surface area (Å²) >= 11 is 0. The van der Waals surface area contributed by atoms with Gasteiger partial charge in [0.1, 0.15) is 11.9 Å². The fourth-order valence-electron chi connectivity index (χ4n) is 2.50. The standard InChI is InChI=1S/C18H19N3O3/c1-18(2,3)14-10-21(4)15(13(14)9-19)20-16(22)11-7-5-6-8-12(11)17(23)24/h5-8,10H,1-4H3,(H,20,22)(H,23,24). The first-order valence-electron chi connectivity index (χ1n) is 7.40. The van der Waals surface area contributed by atoms with E-state index in [0.29, 0.717) is 11.4 Å². The first kappa shape index (κ1) is 17.3. The van der Waals surface area contributed by atoms with Gasteiger partial charge in [0.15, 0.2) is 0 Å². The highest BCUT2D eigenvalue weighted by Crippen LogP contribution is 2.31. The Kier molecular flexibility index (Phi) is 4.47. The van der Waals surface area contributed by atoms with E-state index < -0.39 is 11.9 Å². The number of aryl methyl sites for hydroxylation is 1. The van der Waals surface area contributed by atoms with E-state index in [1.807, 2.05) is 20.8 Å². The summed E-state index contributed by atoms with van der Waals surface area (Å²) in [7, 11) is 1.73. The average Bonchev–Trinajstić information content (AvgIpc) is 2.83. The van der Waals surface area contributed by atoms with Crippen molar-refractivity contribution in [1.82, 2.24) is 4.57 Å². The molecule has 6 heteroatoms. The number of nitrogens with zero attached hydrogens (tertiary/aromatic N) is 2. The average molecular weight is 325 g/mol. The first-order valence-corrected chi connectivity index (χ1v) is 7.40. The van der Waals surface area contributed by atoms with Crippen LogP contribution in [0.5, 0.6) is 0 Å². The van der Waals surface area contributed by atoms with Crippen LogP contribution in [0.3, 0.4) is 0 Å². The van der Waals surface area contributed by atoms with Crippen molar-refractivity contribution >= 4 is 17.7 Å². The molecule has 0 atom stereocenters. The van der Waals surface area contributed by atoms with Crippen LogP contribution in [0.25, 0.3) is 0 Å². The number of amides is 1. The highest BCUT2D eigenvalue weighted by Gasteiger charge is 2.25. The largest absolute Gasteiger partial charge is 0.478 e. The van der Waals surface area contributed by atoms with Gasteiger partial charge in [0.25, 0.3) is 5.91 Å². The van der Waals surface area contributed by atoms with E-state index in [2.05, 4.69) is 11.4 Å². The van der Waals surface area contributed by atoms with Crippen LogP contribution < -0.4 is 5.32 Å². The van der Waals surface area contributed by atoms with Gasteiger partial charge in [-0.2, -0.15) is 5.26 Å². The summed E-state index contributed by atoms with van der Waals surface area (Å²) in [6.07, 6.45) is 1.80. The maximum Gasteiger partial charge on any atom is 0.336 e. The molecule has 0 aliphatic heterocycles. The first-order chi connectivity index (χ1) is 11.2. The number of hydrogen-bond acceptors (Lipinski definition) is 3. The lowest BCUT2D eigenvalue weighted by atomic mass is 9.86. The number of nitriles is 1. The lowest BCUT2D eigenvalue weighted by Crippen LogP contribution is -2.18. The van der Waals surface area contributed by atoms with Crippen molar-refractivity contribution in [2.45, 2.75) is 26.2 Å². The van der Waals surface area contributed by atoms with Crippen molar-refractivity contribution in [3.8, 4) is 6.07 Å². The number of benzene rings is 1. The quantitative estimate of drug-likeness (QED) is 0.906. The molecular weight excluding hydrogens is 306 g/mol. The topological polar surface area (TPSA) is 95.1 Å². The van der Waals surface area contributed by atoms with Crippen LogP contribution in [0.2, 0.25) is 0 Å². The Morgan fingerprint density at radius 3 is 2.29 bits per heavy atom. The molecule has 6 nitrogen and oxygen atoms in total. The third-order valence-electron chi connectivity index (χ3n) is 3.74. The Morgan fingerprint density at radius 2 is 1.79 bits per heavy atom. The van der Waals surface area contributed by atoms with Crippen LogP contribution in [-0.4, -0.2) is 21.6 Å². The number of anilines is 1. The number of aromatic carboxylic acids is 1. The molecule has 0 spiro atoms. The van der Waals surface area contributed by atoms with Crippen molar-refractivity contribution in [1.29, 1.82) is 5.26 Å². The molecule has 2 N–H and O–H groups in total. The fourth-order valence-corrected chi connectivity index (χ4v) is 2.50. The molecule has 0 aliphatic rings. The van der Waals surface area contributed by atoms with Crippen LogP contribution in [0, 0.1) is 11.3 Å². The molecule has 1 aromatic carbocycles. The third-order valence-corrected chi connectivity index (χ3v) is 3.74. The van der Waals surface area contributed by atoms with Gasteiger partial charge < -0.3 is 15.0 Å². The number of rotatable bonds is 3. The predicted molar refractivity (Wildman–Crippen MR) is 90.2 cm³/mol. The number of carbonyl (C=O) groups is 2. The van der Waals surface area contributed by atoms with E-state index in [1.54, 1.807) is 29.9 Å². The van der Waals surface area contributed by atoms with E-state index in [0.717, 1.165) is 5.56 Å². The molecule has 2 rings (SSSR count). The van der Waals surface area contributed by atoms with Crippen molar-refractivity contribution in [3.63, 3.8) is 0 Å². The zero-order valence-corrected chi connectivity index (χ0v) is 14.0. The van der Waals surface area contributed by atoms with Crippen LogP contribution in [-0.2, 0) is 12.5 Å². The molecule has 0 saturated carbocycles. The van der Waals surface area contributed by atoms with Crippen LogP contribution >= 0.6 is 0 Å². The molecule has 2 aromatic rings. The number of aromatic nitrogens is 1. The molecule has 1 aromatic heterocycles. The van der Waals surface area contributed by atoms with Crippen molar-refractivity contribution in [2.75, 3.05) is 5.32 Å². The molecular formula is C18H19N3O3. The fraction of sp³-hybridized carbons (Fsp3) is 0.278. The van der Waals surface area contributed by atoms with Gasteiger partial charge in [0.05, 0.1) is 16.7 Å². The molecule has 0 radical (unpaired) electrons. The molecule has 24 heavy (non-hydrogen) atoms. The maximum absolute atomic E-state index is 12.5. The van der Waals surface area contributed by atoms with Gasteiger partial charge in [0.2, 0.25) is 0 Å². The van der Waals surface area contributed by atoms with E-state index in [4.69, 9.17) is 0 Å². The third kappa shape index (κ3) is 3.15. The lowest BCUT2D eigenvalue weighted by molar-refractivity contribution is 0.0692. The van der Waals surface area contributed by atoms with Crippen LogP contribution in [0.15, 0.2) is 30.5 Å². The van der Waals surface area contributed by atoms with Crippen LogP contribution in [0.4, 0.5) is 5.82 Å². The van der Waals surface area contributed by atoms with Gasteiger partial charge in [-0.3, -0.25) is 4.79 Å². The summed E-state index contributed by atoms with van der Waals surface area (Å²) in [5.74, 6) is -1.39. The smallest absolute Gasteiger partial charge is 0.336 e. The Hall–Kier alpha value is -3.07. The van der Waals surface area contributed by atoms with Gasteiger partial charge in [-0.05, 0) is 23.1 Å². The summed E-state index contributed by atoms with van der Waals surface area (Å²) in [6, 6.07) is 8.10. The van der Waals surface area contributed by atoms with Crippen molar-refractivity contribution < 1.29 is 14.7 Å². The van der Waals surface area contributed by atoms with E-state index in [9.17, 15) is 20.0 Å². The highest BCUT2D eigenvalue weighted by atomic mass is 16.4. The lowest BCUT2D eigenvalue weighted by Gasteiger charge is -2.17. The number of carbonyl (C=O) groups excluding carboxylic acids is 1. The Morgan fingerprint density at radius 1 is 1.21 bits per heavy atom. The van der Waals surface area contributed by atoms with Gasteiger partial charge in [-0.25, -0.2) is 4.79 Å². The second-order valence-electron chi connectivity index (χ2n) is 6.54. The molecule has 124 valence electrons. The monoisotopic (exact) mass is 325 g/mol. The molecule has 0 unspecified atom stereocenters. The van der Waals surface area contributed by atoms with Gasteiger partial charge in [-0.1, -0.05) is 32.9 Å². The minimum atomic E-state index is -1.18. The minimum absolute atomic E-state index is 0.0485. The predicted octanol–water partition coefficient (Wildman–Crippen LogP) is 3.14.